The fourth-order valence-electron chi connectivity index (χ4n) is 2.76. The second-order valence-corrected chi connectivity index (χ2v) is 6.48. The van der Waals surface area contributed by atoms with Gasteiger partial charge in [0.05, 0.1) is 5.69 Å². The molecule has 21 heavy (non-hydrogen) atoms. The predicted octanol–water partition coefficient (Wildman–Crippen LogP) is 1.66. The van der Waals surface area contributed by atoms with E-state index in [-0.39, 0.29) is 12.2 Å². The zero-order chi connectivity index (χ0) is 14.8. The van der Waals surface area contributed by atoms with Crippen LogP contribution in [-0.2, 0) is 6.54 Å². The first-order valence-electron chi connectivity index (χ1n) is 7.17. The van der Waals surface area contributed by atoms with Gasteiger partial charge in [0.15, 0.2) is 0 Å². The topological polar surface area (TPSA) is 57.8 Å². The van der Waals surface area contributed by atoms with Crippen LogP contribution in [-0.4, -0.2) is 39.1 Å². The van der Waals surface area contributed by atoms with Crippen molar-refractivity contribution in [2.75, 3.05) is 19.7 Å². The largest absolute Gasteiger partial charge is 0.396 e. The molecule has 1 aliphatic heterocycles. The maximum absolute atomic E-state index is 12.1. The molecule has 0 radical (unpaired) electrons. The van der Waals surface area contributed by atoms with Crippen molar-refractivity contribution in [2.45, 2.75) is 19.4 Å². The van der Waals surface area contributed by atoms with E-state index in [1.54, 1.807) is 16.7 Å². The lowest BCUT2D eigenvalue weighted by Crippen LogP contribution is -2.35. The van der Waals surface area contributed by atoms with E-state index in [1.807, 2.05) is 12.1 Å². The van der Waals surface area contributed by atoms with Gasteiger partial charge in [0, 0.05) is 29.9 Å². The number of aliphatic hydroxyl groups is 1. The van der Waals surface area contributed by atoms with Crippen LogP contribution in [0.4, 0.5) is 0 Å². The van der Waals surface area contributed by atoms with Gasteiger partial charge in [-0.3, -0.25) is 14.1 Å². The minimum Gasteiger partial charge on any atom is -0.396 e. The van der Waals surface area contributed by atoms with Crippen LogP contribution in [0.15, 0.2) is 33.7 Å². The molecule has 0 saturated carbocycles. The summed E-state index contributed by atoms with van der Waals surface area (Å²) in [5.74, 6) is 0.425. The highest BCUT2D eigenvalue weighted by Gasteiger charge is 2.19. The van der Waals surface area contributed by atoms with Crippen LogP contribution in [0.1, 0.15) is 18.5 Å². The molecule has 0 unspecified atom stereocenters. The summed E-state index contributed by atoms with van der Waals surface area (Å²) in [6, 6.07) is 5.34. The molecule has 0 amide bonds. The second kappa shape index (κ2) is 6.25. The quantitative estimate of drug-likeness (QED) is 0.913. The summed E-state index contributed by atoms with van der Waals surface area (Å²) in [5.41, 5.74) is 1.43. The van der Waals surface area contributed by atoms with Gasteiger partial charge >= 0.3 is 0 Å². The van der Waals surface area contributed by atoms with E-state index < -0.39 is 0 Å². The minimum absolute atomic E-state index is 0.0541. The number of fused-ring (bicyclic) bond motifs is 1. The first-order chi connectivity index (χ1) is 10.2. The van der Waals surface area contributed by atoms with Crippen molar-refractivity contribution in [1.82, 2.24) is 14.3 Å². The molecule has 2 aromatic heterocycles. The Labute approximate surface area is 131 Å². The summed E-state index contributed by atoms with van der Waals surface area (Å²) < 4.78 is 2.41. The molecule has 2 aromatic rings. The molecule has 1 saturated heterocycles. The lowest BCUT2D eigenvalue weighted by atomic mass is 9.98. The van der Waals surface area contributed by atoms with Crippen LogP contribution in [0.5, 0.6) is 0 Å². The molecular formula is C15H18BrN3O2. The number of aliphatic hydroxyl groups excluding tert-OH is 1. The molecule has 0 spiro atoms. The number of pyridine rings is 1. The summed E-state index contributed by atoms with van der Waals surface area (Å²) in [4.78, 5) is 19.0. The summed E-state index contributed by atoms with van der Waals surface area (Å²) in [6.45, 7) is 2.87. The molecule has 3 heterocycles. The molecule has 1 aliphatic rings. The van der Waals surface area contributed by atoms with E-state index in [0.717, 1.165) is 36.1 Å². The number of likely N-dealkylation sites (tertiary alicyclic amines) is 1. The standard InChI is InChI=1S/C15H18BrN3O2/c16-12-1-2-14-17-13(7-15(21)19(14)8-12)9-18-5-3-11(10-20)4-6-18/h1-2,7-8,11,20H,3-6,9-10H2. The van der Waals surface area contributed by atoms with Crippen LogP contribution < -0.4 is 5.56 Å². The Balaban J connectivity index is 1.79. The minimum atomic E-state index is -0.0541. The van der Waals surface area contributed by atoms with Gasteiger partial charge in [-0.1, -0.05) is 0 Å². The Kier molecular flexibility index (Phi) is 4.37. The maximum Gasteiger partial charge on any atom is 0.258 e. The predicted molar refractivity (Wildman–Crippen MR) is 84.2 cm³/mol. The third kappa shape index (κ3) is 3.33. The highest BCUT2D eigenvalue weighted by Crippen LogP contribution is 2.18. The number of halogens is 1. The van der Waals surface area contributed by atoms with Crippen LogP contribution >= 0.6 is 15.9 Å². The summed E-state index contributed by atoms with van der Waals surface area (Å²) >= 11 is 3.36. The van der Waals surface area contributed by atoms with Crippen LogP contribution in [0.2, 0.25) is 0 Å². The monoisotopic (exact) mass is 351 g/mol. The molecule has 112 valence electrons. The highest BCUT2D eigenvalue weighted by atomic mass is 79.9. The third-order valence-corrected chi connectivity index (χ3v) is 4.50. The van der Waals surface area contributed by atoms with Crippen molar-refractivity contribution in [3.05, 3.63) is 44.9 Å². The van der Waals surface area contributed by atoms with Crippen molar-refractivity contribution in [3.8, 4) is 0 Å². The molecule has 0 atom stereocenters. The Morgan fingerprint density at radius 2 is 2.10 bits per heavy atom. The van der Waals surface area contributed by atoms with Crippen molar-refractivity contribution >= 4 is 21.6 Å². The van der Waals surface area contributed by atoms with E-state index in [0.29, 0.717) is 18.1 Å². The summed E-state index contributed by atoms with van der Waals surface area (Å²) in [5, 5.41) is 9.17. The number of nitrogens with zero attached hydrogens (tertiary/aromatic N) is 3. The number of hydrogen-bond donors (Lipinski definition) is 1. The second-order valence-electron chi connectivity index (χ2n) is 5.56. The molecular weight excluding hydrogens is 334 g/mol. The van der Waals surface area contributed by atoms with E-state index in [1.165, 1.54) is 0 Å². The van der Waals surface area contributed by atoms with E-state index >= 15 is 0 Å². The number of aromatic nitrogens is 2. The van der Waals surface area contributed by atoms with Gasteiger partial charge in [-0.2, -0.15) is 0 Å². The van der Waals surface area contributed by atoms with Gasteiger partial charge in [0.1, 0.15) is 5.65 Å². The summed E-state index contributed by atoms with van der Waals surface area (Å²) in [6.07, 6.45) is 3.76. The summed E-state index contributed by atoms with van der Waals surface area (Å²) in [7, 11) is 0. The van der Waals surface area contributed by atoms with Gasteiger partial charge in [-0.05, 0) is 59.9 Å². The molecule has 3 rings (SSSR count). The van der Waals surface area contributed by atoms with Crippen LogP contribution in [0, 0.1) is 5.92 Å². The highest BCUT2D eigenvalue weighted by molar-refractivity contribution is 9.10. The van der Waals surface area contributed by atoms with Crippen molar-refractivity contribution in [1.29, 1.82) is 0 Å². The van der Waals surface area contributed by atoms with E-state index in [2.05, 4.69) is 25.8 Å². The molecule has 0 bridgehead atoms. The lowest BCUT2D eigenvalue weighted by molar-refractivity contribution is 0.126. The zero-order valence-corrected chi connectivity index (χ0v) is 13.3. The van der Waals surface area contributed by atoms with Crippen LogP contribution in [0.25, 0.3) is 5.65 Å². The Hall–Kier alpha value is -1.24. The maximum atomic E-state index is 12.1. The average molecular weight is 352 g/mol. The van der Waals surface area contributed by atoms with Gasteiger partial charge in [0.2, 0.25) is 0 Å². The average Bonchev–Trinajstić information content (AvgIpc) is 2.49. The third-order valence-electron chi connectivity index (χ3n) is 4.03. The van der Waals surface area contributed by atoms with Crippen molar-refractivity contribution in [2.24, 2.45) is 5.92 Å². The molecule has 1 fully saturated rings. The number of piperidine rings is 1. The molecule has 6 heteroatoms. The molecule has 5 nitrogen and oxygen atoms in total. The van der Waals surface area contributed by atoms with Crippen LogP contribution in [0.3, 0.4) is 0 Å². The van der Waals surface area contributed by atoms with Crippen molar-refractivity contribution < 1.29 is 5.11 Å². The van der Waals surface area contributed by atoms with E-state index in [9.17, 15) is 4.79 Å². The van der Waals surface area contributed by atoms with Gasteiger partial charge in [-0.25, -0.2) is 4.98 Å². The molecule has 1 N–H and O–H groups in total. The van der Waals surface area contributed by atoms with E-state index in [4.69, 9.17) is 5.11 Å². The van der Waals surface area contributed by atoms with Crippen molar-refractivity contribution in [3.63, 3.8) is 0 Å². The normalized spacial score (nSPS) is 17.4. The molecule has 0 aromatic carbocycles. The Bertz CT molecular complexity index is 693. The van der Waals surface area contributed by atoms with Gasteiger partial charge in [-0.15, -0.1) is 0 Å². The fourth-order valence-corrected chi connectivity index (χ4v) is 3.10. The Morgan fingerprint density at radius 1 is 1.33 bits per heavy atom. The number of rotatable bonds is 3. The smallest absolute Gasteiger partial charge is 0.258 e. The Morgan fingerprint density at radius 3 is 2.81 bits per heavy atom. The SMILES string of the molecule is O=c1cc(CN2CCC(CO)CC2)nc2ccc(Br)cn12. The fraction of sp³-hybridized carbons (Fsp3) is 0.467. The number of hydrogen-bond acceptors (Lipinski definition) is 4. The van der Waals surface area contributed by atoms with Gasteiger partial charge in [0.25, 0.3) is 5.56 Å². The van der Waals surface area contributed by atoms with Gasteiger partial charge < -0.3 is 5.11 Å². The first-order valence-corrected chi connectivity index (χ1v) is 7.96. The zero-order valence-electron chi connectivity index (χ0n) is 11.7. The first kappa shape index (κ1) is 14.7. The lowest BCUT2D eigenvalue weighted by Gasteiger charge is -2.30. The molecule has 0 aliphatic carbocycles.